The number of piperazine rings is 1. The molecule has 9 nitrogen and oxygen atoms in total. The summed E-state index contributed by atoms with van der Waals surface area (Å²) in [4.78, 5) is 39.8. The first kappa shape index (κ1) is 19.6. The topological polar surface area (TPSA) is 96.8 Å². The Bertz CT molecular complexity index is 890. The molecular formula is C19H23N5O4. The highest BCUT2D eigenvalue weighted by molar-refractivity contribution is 6.05. The lowest BCUT2D eigenvalue weighted by atomic mass is 10.2. The number of aromatic nitrogens is 2. The summed E-state index contributed by atoms with van der Waals surface area (Å²) in [5, 5.41) is 7.32. The van der Waals surface area contributed by atoms with Crippen LogP contribution < -0.4 is 15.1 Å². The van der Waals surface area contributed by atoms with Gasteiger partial charge in [0.1, 0.15) is 5.56 Å². The van der Waals surface area contributed by atoms with Gasteiger partial charge in [-0.15, -0.1) is 0 Å². The molecule has 2 amide bonds. The van der Waals surface area contributed by atoms with Crippen molar-refractivity contribution in [1.29, 1.82) is 0 Å². The van der Waals surface area contributed by atoms with Crippen LogP contribution in [0.4, 0.5) is 17.2 Å². The smallest absolute Gasteiger partial charge is 0.343 e. The number of hydrogen-bond donors (Lipinski definition) is 1. The molecule has 148 valence electrons. The SMILES string of the molecule is CCOC(=O)c1cn(C)nc1N(C(C)=O)c1ccc(N2CCNCC2=O)cc1. The van der Waals surface area contributed by atoms with E-state index in [9.17, 15) is 14.4 Å². The van der Waals surface area contributed by atoms with Gasteiger partial charge in [-0.1, -0.05) is 0 Å². The van der Waals surface area contributed by atoms with E-state index in [0.717, 1.165) is 12.2 Å². The third-order valence-electron chi connectivity index (χ3n) is 4.34. The fourth-order valence-electron chi connectivity index (χ4n) is 3.11. The van der Waals surface area contributed by atoms with Crippen molar-refractivity contribution in [2.75, 3.05) is 36.0 Å². The molecule has 0 radical (unpaired) electrons. The molecule has 0 aliphatic carbocycles. The van der Waals surface area contributed by atoms with Gasteiger partial charge in [0.15, 0.2) is 5.82 Å². The van der Waals surface area contributed by atoms with Crippen LogP contribution in [0.15, 0.2) is 30.5 Å². The Morgan fingerprint density at radius 2 is 2.00 bits per heavy atom. The summed E-state index contributed by atoms with van der Waals surface area (Å²) in [5.74, 6) is -0.633. The minimum atomic E-state index is -0.542. The van der Waals surface area contributed by atoms with E-state index in [2.05, 4.69) is 10.4 Å². The van der Waals surface area contributed by atoms with Crippen LogP contribution in [0.2, 0.25) is 0 Å². The number of ether oxygens (including phenoxy) is 1. The molecule has 0 bridgehead atoms. The lowest BCUT2D eigenvalue weighted by molar-refractivity contribution is -0.118. The van der Waals surface area contributed by atoms with Gasteiger partial charge in [-0.05, 0) is 31.2 Å². The fraction of sp³-hybridized carbons (Fsp3) is 0.368. The molecule has 1 N–H and O–H groups in total. The minimum absolute atomic E-state index is 0.00301. The number of rotatable bonds is 5. The first-order valence-electron chi connectivity index (χ1n) is 9.05. The van der Waals surface area contributed by atoms with E-state index in [1.807, 2.05) is 0 Å². The van der Waals surface area contributed by atoms with Crippen molar-refractivity contribution in [2.45, 2.75) is 13.8 Å². The van der Waals surface area contributed by atoms with Crippen LogP contribution in [0.5, 0.6) is 0 Å². The standard InChI is InChI=1S/C19H23N5O4/c1-4-28-19(27)16-12-22(3)21-18(16)24(13(2)25)15-7-5-14(6-8-15)23-10-9-20-11-17(23)26/h5-8,12,20H,4,9-11H2,1-3H3. The molecule has 0 unspecified atom stereocenters. The summed E-state index contributed by atoms with van der Waals surface area (Å²) in [5.41, 5.74) is 1.51. The molecule has 2 aromatic rings. The molecule has 9 heteroatoms. The number of carbonyl (C=O) groups is 3. The summed E-state index contributed by atoms with van der Waals surface area (Å²) in [7, 11) is 1.67. The summed E-state index contributed by atoms with van der Waals surface area (Å²) < 4.78 is 6.54. The van der Waals surface area contributed by atoms with E-state index in [4.69, 9.17) is 4.74 Å². The van der Waals surface area contributed by atoms with Crippen molar-refractivity contribution in [1.82, 2.24) is 15.1 Å². The van der Waals surface area contributed by atoms with Crippen LogP contribution in [-0.2, 0) is 21.4 Å². The Labute approximate surface area is 162 Å². The van der Waals surface area contributed by atoms with Gasteiger partial charge in [0.25, 0.3) is 0 Å². The summed E-state index contributed by atoms with van der Waals surface area (Å²) in [6.45, 7) is 4.95. The Morgan fingerprint density at radius 1 is 1.29 bits per heavy atom. The van der Waals surface area contributed by atoms with Crippen LogP contribution in [0.3, 0.4) is 0 Å². The lowest BCUT2D eigenvalue weighted by Gasteiger charge is -2.28. The highest BCUT2D eigenvalue weighted by Crippen LogP contribution is 2.30. The first-order chi connectivity index (χ1) is 13.4. The fourth-order valence-corrected chi connectivity index (χ4v) is 3.11. The Hall–Kier alpha value is -3.20. The second kappa shape index (κ2) is 8.22. The monoisotopic (exact) mass is 385 g/mol. The maximum Gasteiger partial charge on any atom is 0.343 e. The van der Waals surface area contributed by atoms with E-state index in [-0.39, 0.29) is 29.8 Å². The summed E-state index contributed by atoms with van der Waals surface area (Å²) >= 11 is 0. The van der Waals surface area contributed by atoms with Crippen LogP contribution in [0.25, 0.3) is 0 Å². The number of nitrogens with zero attached hydrogens (tertiary/aromatic N) is 4. The third kappa shape index (κ3) is 3.89. The molecular weight excluding hydrogens is 362 g/mol. The highest BCUT2D eigenvalue weighted by atomic mass is 16.5. The third-order valence-corrected chi connectivity index (χ3v) is 4.34. The quantitative estimate of drug-likeness (QED) is 0.778. The zero-order valence-electron chi connectivity index (χ0n) is 16.1. The average Bonchev–Trinajstić information content (AvgIpc) is 3.04. The van der Waals surface area contributed by atoms with Gasteiger partial charge in [0.05, 0.1) is 18.8 Å². The molecule has 1 aromatic heterocycles. The normalized spacial score (nSPS) is 14.1. The van der Waals surface area contributed by atoms with Crippen molar-refractivity contribution in [3.8, 4) is 0 Å². The Balaban J connectivity index is 1.94. The highest BCUT2D eigenvalue weighted by Gasteiger charge is 2.26. The van der Waals surface area contributed by atoms with Gasteiger partial charge in [0, 0.05) is 38.9 Å². The molecule has 0 spiro atoms. The predicted molar refractivity (Wildman–Crippen MR) is 104 cm³/mol. The molecule has 1 aliphatic rings. The second-order valence-corrected chi connectivity index (χ2v) is 6.35. The molecule has 2 heterocycles. The molecule has 3 rings (SSSR count). The van der Waals surface area contributed by atoms with Crippen molar-refractivity contribution in [3.63, 3.8) is 0 Å². The van der Waals surface area contributed by atoms with Gasteiger partial charge in [-0.2, -0.15) is 5.10 Å². The van der Waals surface area contributed by atoms with E-state index < -0.39 is 5.97 Å². The van der Waals surface area contributed by atoms with Gasteiger partial charge in [0.2, 0.25) is 11.8 Å². The molecule has 28 heavy (non-hydrogen) atoms. The maximum absolute atomic E-state index is 12.4. The van der Waals surface area contributed by atoms with Crippen molar-refractivity contribution in [2.24, 2.45) is 7.05 Å². The molecule has 0 atom stereocenters. The van der Waals surface area contributed by atoms with Gasteiger partial charge in [-0.3, -0.25) is 19.2 Å². The lowest BCUT2D eigenvalue weighted by Crippen LogP contribution is -2.48. The summed E-state index contributed by atoms with van der Waals surface area (Å²) in [6.07, 6.45) is 1.52. The van der Waals surface area contributed by atoms with Crippen molar-refractivity contribution >= 4 is 35.0 Å². The zero-order chi connectivity index (χ0) is 20.3. The molecule has 1 aromatic carbocycles. The molecule has 0 saturated carbocycles. The largest absolute Gasteiger partial charge is 0.462 e. The number of benzene rings is 1. The number of aryl methyl sites for hydroxylation is 1. The number of hydrogen-bond acceptors (Lipinski definition) is 6. The average molecular weight is 385 g/mol. The van der Waals surface area contributed by atoms with E-state index >= 15 is 0 Å². The summed E-state index contributed by atoms with van der Waals surface area (Å²) in [6, 6.07) is 7.02. The number of esters is 1. The predicted octanol–water partition coefficient (Wildman–Crippen LogP) is 1.22. The molecule has 1 saturated heterocycles. The van der Waals surface area contributed by atoms with Crippen molar-refractivity contribution < 1.29 is 19.1 Å². The van der Waals surface area contributed by atoms with Crippen LogP contribution in [0, 0.1) is 0 Å². The number of nitrogens with one attached hydrogen (secondary N) is 1. The minimum Gasteiger partial charge on any atom is -0.462 e. The van der Waals surface area contributed by atoms with Crippen LogP contribution in [-0.4, -0.2) is 53.8 Å². The van der Waals surface area contributed by atoms with Crippen LogP contribution >= 0.6 is 0 Å². The van der Waals surface area contributed by atoms with E-state index in [1.165, 1.54) is 22.7 Å². The second-order valence-electron chi connectivity index (χ2n) is 6.35. The number of anilines is 3. The Morgan fingerprint density at radius 3 is 2.61 bits per heavy atom. The van der Waals surface area contributed by atoms with E-state index in [0.29, 0.717) is 18.8 Å². The Kier molecular flexibility index (Phi) is 5.74. The molecule has 1 aliphatic heterocycles. The van der Waals surface area contributed by atoms with Crippen LogP contribution in [0.1, 0.15) is 24.2 Å². The number of amides is 2. The van der Waals surface area contributed by atoms with Gasteiger partial charge in [-0.25, -0.2) is 4.79 Å². The van der Waals surface area contributed by atoms with Gasteiger partial charge >= 0.3 is 5.97 Å². The number of carbonyl (C=O) groups excluding carboxylic acids is 3. The zero-order valence-corrected chi connectivity index (χ0v) is 16.1. The maximum atomic E-state index is 12.4. The van der Waals surface area contributed by atoms with Crippen molar-refractivity contribution in [3.05, 3.63) is 36.0 Å². The van der Waals surface area contributed by atoms with Gasteiger partial charge < -0.3 is 15.0 Å². The first-order valence-corrected chi connectivity index (χ1v) is 9.05. The molecule has 1 fully saturated rings. The van der Waals surface area contributed by atoms with E-state index in [1.54, 1.807) is 43.1 Å².